The fourth-order valence-corrected chi connectivity index (χ4v) is 3.86. The van der Waals surface area contributed by atoms with Gasteiger partial charge in [-0.25, -0.2) is 4.98 Å². The third-order valence-electron chi connectivity index (χ3n) is 5.49. The highest BCUT2D eigenvalue weighted by Gasteiger charge is 2.26. The van der Waals surface area contributed by atoms with E-state index in [4.69, 9.17) is 4.74 Å². The number of hydrogen-bond donors (Lipinski definition) is 0. The molecule has 2 aromatic carbocycles. The molecule has 7 heteroatoms. The standard InChI is InChI=1S/C24H24N4O2.ClH/c1-27-11-3-2-7-22(24(27)29)19-5-4-6-21(14-19)30-23-13-18(8-9-20(23)15-25)16-28-12-10-26-17-28;/h4-6,8-10,12-14,17,22H,2-3,7,11,16H2,1H3;1H. The number of imidazole rings is 1. The van der Waals surface area contributed by atoms with E-state index < -0.39 is 0 Å². The molecule has 0 radical (unpaired) electrons. The normalized spacial score (nSPS) is 16.2. The van der Waals surface area contributed by atoms with Crippen molar-refractivity contribution in [3.63, 3.8) is 0 Å². The maximum atomic E-state index is 12.7. The van der Waals surface area contributed by atoms with E-state index in [-0.39, 0.29) is 24.2 Å². The van der Waals surface area contributed by atoms with Gasteiger partial charge in [-0.05, 0) is 48.2 Å². The first kappa shape index (κ1) is 22.4. The minimum absolute atomic E-state index is 0. The van der Waals surface area contributed by atoms with E-state index >= 15 is 0 Å². The molecule has 2 heterocycles. The molecule has 160 valence electrons. The van der Waals surface area contributed by atoms with Gasteiger partial charge in [0, 0.05) is 32.5 Å². The third kappa shape index (κ3) is 5.25. The molecule has 0 aliphatic carbocycles. The van der Waals surface area contributed by atoms with Crippen molar-refractivity contribution in [1.29, 1.82) is 5.26 Å². The maximum absolute atomic E-state index is 12.7. The van der Waals surface area contributed by atoms with Gasteiger partial charge < -0.3 is 14.2 Å². The number of benzene rings is 2. The average molecular weight is 437 g/mol. The van der Waals surface area contributed by atoms with Gasteiger partial charge in [-0.1, -0.05) is 24.6 Å². The number of halogens is 1. The SMILES string of the molecule is CN1CCCCC(c2cccc(Oc3cc(Cn4ccnc4)ccc3C#N)c2)C1=O.Cl. The lowest BCUT2D eigenvalue weighted by Gasteiger charge is -2.20. The van der Waals surface area contributed by atoms with Crippen molar-refractivity contribution in [2.24, 2.45) is 0 Å². The van der Waals surface area contributed by atoms with Gasteiger partial charge in [-0.3, -0.25) is 4.79 Å². The second-order valence-electron chi connectivity index (χ2n) is 7.66. The number of carbonyl (C=O) groups excluding carboxylic acids is 1. The van der Waals surface area contributed by atoms with Gasteiger partial charge in [-0.15, -0.1) is 12.4 Å². The number of carbonyl (C=O) groups is 1. The Morgan fingerprint density at radius 2 is 2.10 bits per heavy atom. The highest BCUT2D eigenvalue weighted by atomic mass is 35.5. The van der Waals surface area contributed by atoms with Crippen LogP contribution in [0.25, 0.3) is 0 Å². The number of aromatic nitrogens is 2. The van der Waals surface area contributed by atoms with Crippen LogP contribution in [-0.2, 0) is 11.3 Å². The van der Waals surface area contributed by atoms with Gasteiger partial charge in [0.2, 0.25) is 5.91 Å². The highest BCUT2D eigenvalue weighted by Crippen LogP contribution is 2.32. The van der Waals surface area contributed by atoms with Crippen molar-refractivity contribution in [2.45, 2.75) is 31.7 Å². The quantitative estimate of drug-likeness (QED) is 0.579. The summed E-state index contributed by atoms with van der Waals surface area (Å²) in [4.78, 5) is 18.6. The minimum Gasteiger partial charge on any atom is -0.456 e. The van der Waals surface area contributed by atoms with E-state index in [9.17, 15) is 10.1 Å². The molecule has 0 N–H and O–H groups in total. The number of nitrogens with zero attached hydrogens (tertiary/aromatic N) is 4. The second-order valence-corrected chi connectivity index (χ2v) is 7.66. The molecule has 4 rings (SSSR count). The molecule has 1 aliphatic rings. The van der Waals surface area contributed by atoms with Crippen LogP contribution in [0, 0.1) is 11.3 Å². The zero-order valence-corrected chi connectivity index (χ0v) is 18.2. The second kappa shape index (κ2) is 10.1. The van der Waals surface area contributed by atoms with Crippen molar-refractivity contribution in [2.75, 3.05) is 13.6 Å². The summed E-state index contributed by atoms with van der Waals surface area (Å²) in [5.41, 5.74) is 2.44. The number of ether oxygens (including phenoxy) is 1. The summed E-state index contributed by atoms with van der Waals surface area (Å²) in [6.45, 7) is 1.45. The third-order valence-corrected chi connectivity index (χ3v) is 5.49. The smallest absolute Gasteiger partial charge is 0.229 e. The number of likely N-dealkylation sites (N-methyl/N-ethyl adjacent to an activating group) is 1. The number of nitriles is 1. The minimum atomic E-state index is -0.149. The first-order chi connectivity index (χ1) is 14.6. The van der Waals surface area contributed by atoms with Gasteiger partial charge in [0.1, 0.15) is 17.6 Å². The molecule has 0 saturated carbocycles. The van der Waals surface area contributed by atoms with Crippen LogP contribution in [0.3, 0.4) is 0 Å². The summed E-state index contributed by atoms with van der Waals surface area (Å²) < 4.78 is 8.07. The Morgan fingerprint density at radius 1 is 1.23 bits per heavy atom. The van der Waals surface area contributed by atoms with Crippen LogP contribution in [0.4, 0.5) is 0 Å². The molecule has 1 amide bonds. The largest absolute Gasteiger partial charge is 0.456 e. The summed E-state index contributed by atoms with van der Waals surface area (Å²) in [5.74, 6) is 1.15. The van der Waals surface area contributed by atoms with Crippen LogP contribution in [0.1, 0.15) is 41.9 Å². The van der Waals surface area contributed by atoms with Gasteiger partial charge in [-0.2, -0.15) is 5.26 Å². The predicted molar refractivity (Wildman–Crippen MR) is 120 cm³/mol. The molecule has 1 saturated heterocycles. The van der Waals surface area contributed by atoms with Crippen molar-refractivity contribution in [1.82, 2.24) is 14.5 Å². The molecule has 6 nitrogen and oxygen atoms in total. The summed E-state index contributed by atoms with van der Waals surface area (Å²) in [7, 11) is 1.87. The number of rotatable bonds is 5. The van der Waals surface area contributed by atoms with Crippen molar-refractivity contribution < 1.29 is 9.53 Å². The molecule has 0 bridgehead atoms. The van der Waals surface area contributed by atoms with E-state index in [1.165, 1.54) is 0 Å². The summed E-state index contributed by atoms with van der Waals surface area (Å²) in [5, 5.41) is 9.50. The first-order valence-corrected chi connectivity index (χ1v) is 10.2. The monoisotopic (exact) mass is 436 g/mol. The Kier molecular flexibility index (Phi) is 7.32. The zero-order chi connectivity index (χ0) is 20.9. The Labute approximate surface area is 188 Å². The molecule has 1 fully saturated rings. The summed E-state index contributed by atoms with van der Waals surface area (Å²) in [6.07, 6.45) is 8.28. The molecule has 1 aliphatic heterocycles. The van der Waals surface area contributed by atoms with Crippen molar-refractivity contribution in [3.05, 3.63) is 77.9 Å². The lowest BCUT2D eigenvalue weighted by atomic mass is 9.93. The number of hydrogen-bond acceptors (Lipinski definition) is 4. The average Bonchev–Trinajstić information content (AvgIpc) is 3.20. The van der Waals surface area contributed by atoms with Crippen LogP contribution in [0.2, 0.25) is 0 Å². The Balaban J connectivity index is 0.00000272. The molecule has 1 atom stereocenters. The lowest BCUT2D eigenvalue weighted by Crippen LogP contribution is -2.30. The molecule has 0 spiro atoms. The fraction of sp³-hybridized carbons (Fsp3) is 0.292. The van der Waals surface area contributed by atoms with Gasteiger partial charge in [0.05, 0.1) is 17.8 Å². The summed E-state index contributed by atoms with van der Waals surface area (Å²) >= 11 is 0. The molecular weight excluding hydrogens is 412 g/mol. The molecule has 3 aromatic rings. The van der Waals surface area contributed by atoms with E-state index in [1.807, 2.05) is 59.1 Å². The fourth-order valence-electron chi connectivity index (χ4n) is 3.86. The topological polar surface area (TPSA) is 71.2 Å². The van der Waals surface area contributed by atoms with Gasteiger partial charge in [0.15, 0.2) is 0 Å². The predicted octanol–water partition coefficient (Wildman–Crippen LogP) is 4.74. The highest BCUT2D eigenvalue weighted by molar-refractivity contribution is 5.85. The van der Waals surface area contributed by atoms with Crippen LogP contribution in [0.15, 0.2) is 61.2 Å². The van der Waals surface area contributed by atoms with Gasteiger partial charge in [0.25, 0.3) is 0 Å². The first-order valence-electron chi connectivity index (χ1n) is 10.2. The molecule has 1 unspecified atom stereocenters. The Morgan fingerprint density at radius 3 is 2.87 bits per heavy atom. The molecule has 31 heavy (non-hydrogen) atoms. The molecular formula is C24H25ClN4O2. The number of amides is 1. The van der Waals surface area contributed by atoms with Crippen LogP contribution >= 0.6 is 12.4 Å². The van der Waals surface area contributed by atoms with Crippen LogP contribution in [-0.4, -0.2) is 34.0 Å². The maximum Gasteiger partial charge on any atom is 0.229 e. The number of likely N-dealkylation sites (tertiary alicyclic amines) is 1. The summed E-state index contributed by atoms with van der Waals surface area (Å²) in [6, 6.07) is 15.4. The van der Waals surface area contributed by atoms with Crippen LogP contribution in [0.5, 0.6) is 11.5 Å². The van der Waals surface area contributed by atoms with E-state index in [0.29, 0.717) is 23.6 Å². The zero-order valence-electron chi connectivity index (χ0n) is 17.4. The Hall–Kier alpha value is -3.30. The van der Waals surface area contributed by atoms with Crippen LogP contribution < -0.4 is 4.74 Å². The van der Waals surface area contributed by atoms with Gasteiger partial charge >= 0.3 is 0 Å². The van der Waals surface area contributed by atoms with E-state index in [2.05, 4.69) is 11.1 Å². The molecule has 1 aromatic heterocycles. The Bertz CT molecular complexity index is 1080. The van der Waals surface area contributed by atoms with Crippen molar-refractivity contribution in [3.8, 4) is 17.6 Å². The van der Waals surface area contributed by atoms with E-state index in [0.717, 1.165) is 36.9 Å². The van der Waals surface area contributed by atoms with Crippen molar-refractivity contribution >= 4 is 18.3 Å². The lowest BCUT2D eigenvalue weighted by molar-refractivity contribution is -0.130. The van der Waals surface area contributed by atoms with E-state index in [1.54, 1.807) is 18.6 Å².